The summed E-state index contributed by atoms with van der Waals surface area (Å²) >= 11 is 0. The second-order valence-corrected chi connectivity index (χ2v) is 4.72. The fraction of sp³-hybridized carbons (Fsp3) is 0.900. The van der Waals surface area contributed by atoms with E-state index in [4.69, 9.17) is 4.74 Å². The van der Waals surface area contributed by atoms with Crippen LogP contribution >= 0.6 is 0 Å². The number of hydrogen-bond donors (Lipinski definition) is 2. The molecule has 1 aliphatic rings. The SMILES string of the molecule is CC(C)(C)OC(=O)[C@@H]1C[C@@H](O)CCN1. The third-order valence-electron chi connectivity index (χ3n) is 2.07. The van der Waals surface area contributed by atoms with Gasteiger partial charge < -0.3 is 15.2 Å². The normalized spacial score (nSPS) is 28.6. The second kappa shape index (κ2) is 4.28. The Morgan fingerprint density at radius 3 is 2.64 bits per heavy atom. The lowest BCUT2D eigenvalue weighted by Crippen LogP contribution is -2.47. The van der Waals surface area contributed by atoms with E-state index in [0.29, 0.717) is 19.4 Å². The van der Waals surface area contributed by atoms with E-state index in [0.717, 1.165) is 0 Å². The van der Waals surface area contributed by atoms with Crippen LogP contribution in [0.3, 0.4) is 0 Å². The van der Waals surface area contributed by atoms with Crippen molar-refractivity contribution < 1.29 is 14.6 Å². The molecule has 0 bridgehead atoms. The average molecular weight is 201 g/mol. The van der Waals surface area contributed by atoms with Crippen LogP contribution < -0.4 is 5.32 Å². The first-order valence-electron chi connectivity index (χ1n) is 5.03. The minimum Gasteiger partial charge on any atom is -0.459 e. The van der Waals surface area contributed by atoms with Crippen LogP contribution in [0, 0.1) is 0 Å². The van der Waals surface area contributed by atoms with Gasteiger partial charge in [0.25, 0.3) is 0 Å². The van der Waals surface area contributed by atoms with Gasteiger partial charge in [0.05, 0.1) is 6.10 Å². The quantitative estimate of drug-likeness (QED) is 0.604. The molecule has 0 amide bonds. The molecule has 0 aromatic heterocycles. The Labute approximate surface area is 84.6 Å². The van der Waals surface area contributed by atoms with E-state index in [2.05, 4.69) is 5.32 Å². The highest BCUT2D eigenvalue weighted by atomic mass is 16.6. The van der Waals surface area contributed by atoms with E-state index in [-0.39, 0.29) is 18.1 Å². The highest BCUT2D eigenvalue weighted by molar-refractivity contribution is 5.76. The first-order valence-corrected chi connectivity index (χ1v) is 5.03. The molecule has 0 saturated carbocycles. The molecule has 1 aliphatic heterocycles. The third kappa shape index (κ3) is 3.64. The van der Waals surface area contributed by atoms with Crippen LogP contribution in [0.25, 0.3) is 0 Å². The summed E-state index contributed by atoms with van der Waals surface area (Å²) in [6, 6.07) is -0.349. The van der Waals surface area contributed by atoms with E-state index < -0.39 is 5.60 Å². The minimum atomic E-state index is -0.457. The Morgan fingerprint density at radius 1 is 1.50 bits per heavy atom. The zero-order valence-corrected chi connectivity index (χ0v) is 9.04. The number of rotatable bonds is 1. The number of carbonyl (C=O) groups excluding carboxylic acids is 1. The fourth-order valence-electron chi connectivity index (χ4n) is 1.45. The van der Waals surface area contributed by atoms with E-state index >= 15 is 0 Å². The molecule has 1 fully saturated rings. The molecule has 82 valence electrons. The van der Waals surface area contributed by atoms with Gasteiger partial charge in [-0.3, -0.25) is 4.79 Å². The maximum absolute atomic E-state index is 11.6. The zero-order valence-electron chi connectivity index (χ0n) is 9.04. The van der Waals surface area contributed by atoms with Crippen LogP contribution in [0.5, 0.6) is 0 Å². The van der Waals surface area contributed by atoms with Crippen LogP contribution in [0.4, 0.5) is 0 Å². The highest BCUT2D eigenvalue weighted by Gasteiger charge is 2.29. The smallest absolute Gasteiger partial charge is 0.323 e. The molecule has 0 aromatic rings. The van der Waals surface area contributed by atoms with E-state index in [1.54, 1.807) is 0 Å². The summed E-state index contributed by atoms with van der Waals surface area (Å²) in [7, 11) is 0. The van der Waals surface area contributed by atoms with E-state index in [9.17, 15) is 9.90 Å². The molecule has 0 aliphatic carbocycles. The number of hydrogen-bond acceptors (Lipinski definition) is 4. The van der Waals surface area contributed by atoms with E-state index in [1.807, 2.05) is 20.8 Å². The molecule has 4 heteroatoms. The average Bonchev–Trinajstić information content (AvgIpc) is 2.01. The Morgan fingerprint density at radius 2 is 2.14 bits per heavy atom. The lowest BCUT2D eigenvalue weighted by molar-refractivity contribution is -0.159. The van der Waals surface area contributed by atoms with Gasteiger partial charge in [0.15, 0.2) is 0 Å². The number of aliphatic hydroxyl groups is 1. The van der Waals surface area contributed by atoms with Crippen molar-refractivity contribution in [2.45, 2.75) is 51.4 Å². The van der Waals surface area contributed by atoms with Crippen LogP contribution in [-0.2, 0) is 9.53 Å². The standard InChI is InChI=1S/C10H19NO3/c1-10(2,3)14-9(13)8-6-7(12)4-5-11-8/h7-8,11-12H,4-6H2,1-3H3/t7-,8-/m0/s1. The predicted molar refractivity (Wildman–Crippen MR) is 52.9 cm³/mol. The number of ether oxygens (including phenoxy) is 1. The summed E-state index contributed by atoms with van der Waals surface area (Å²) in [5, 5.41) is 12.4. The number of aliphatic hydroxyl groups excluding tert-OH is 1. The van der Waals surface area contributed by atoms with Gasteiger partial charge in [0.2, 0.25) is 0 Å². The van der Waals surface area contributed by atoms with Gasteiger partial charge in [0.1, 0.15) is 11.6 Å². The predicted octanol–water partition coefficient (Wildman–Crippen LogP) is 0.441. The van der Waals surface area contributed by atoms with Gasteiger partial charge in [0, 0.05) is 0 Å². The molecule has 14 heavy (non-hydrogen) atoms. The lowest BCUT2D eigenvalue weighted by atomic mass is 10.0. The molecular formula is C10H19NO3. The summed E-state index contributed by atoms with van der Waals surface area (Å²) in [6.07, 6.45) is 0.780. The first kappa shape index (κ1) is 11.5. The molecule has 1 rings (SSSR count). The molecule has 2 N–H and O–H groups in total. The molecular weight excluding hydrogens is 182 g/mol. The molecule has 4 nitrogen and oxygen atoms in total. The molecule has 1 heterocycles. The topological polar surface area (TPSA) is 58.6 Å². The van der Waals surface area contributed by atoms with Crippen molar-refractivity contribution >= 4 is 5.97 Å². The minimum absolute atomic E-state index is 0.267. The number of piperidine rings is 1. The van der Waals surface area contributed by atoms with Crippen molar-refractivity contribution in [3.05, 3.63) is 0 Å². The van der Waals surface area contributed by atoms with Gasteiger partial charge in [-0.25, -0.2) is 0 Å². The van der Waals surface area contributed by atoms with Crippen molar-refractivity contribution in [3.8, 4) is 0 Å². The summed E-state index contributed by atoms with van der Waals surface area (Å²) in [5.41, 5.74) is -0.457. The maximum atomic E-state index is 11.6. The number of esters is 1. The fourth-order valence-corrected chi connectivity index (χ4v) is 1.45. The molecule has 0 unspecified atom stereocenters. The van der Waals surface area contributed by atoms with Crippen LogP contribution in [0.1, 0.15) is 33.6 Å². The summed E-state index contributed by atoms with van der Waals surface area (Å²) < 4.78 is 5.21. The van der Waals surface area contributed by atoms with Crippen LogP contribution in [0.2, 0.25) is 0 Å². The third-order valence-corrected chi connectivity index (χ3v) is 2.07. The molecule has 0 spiro atoms. The van der Waals surface area contributed by atoms with Gasteiger partial charge >= 0.3 is 5.97 Å². The van der Waals surface area contributed by atoms with Crippen LogP contribution in [0.15, 0.2) is 0 Å². The summed E-state index contributed by atoms with van der Waals surface area (Å²) in [6.45, 7) is 6.18. The Bertz CT molecular complexity index is 210. The Balaban J connectivity index is 2.44. The largest absolute Gasteiger partial charge is 0.459 e. The molecule has 0 radical (unpaired) electrons. The lowest BCUT2D eigenvalue weighted by Gasteiger charge is -2.29. The van der Waals surface area contributed by atoms with E-state index in [1.165, 1.54) is 0 Å². The van der Waals surface area contributed by atoms with Gasteiger partial charge in [-0.1, -0.05) is 0 Å². The van der Waals surface area contributed by atoms with Crippen molar-refractivity contribution in [3.63, 3.8) is 0 Å². The van der Waals surface area contributed by atoms with Crippen LogP contribution in [-0.4, -0.2) is 35.4 Å². The van der Waals surface area contributed by atoms with Gasteiger partial charge in [-0.05, 0) is 40.2 Å². The van der Waals surface area contributed by atoms with Gasteiger partial charge in [-0.2, -0.15) is 0 Å². The Hall–Kier alpha value is -0.610. The maximum Gasteiger partial charge on any atom is 0.323 e. The Kier molecular flexibility index (Phi) is 3.50. The van der Waals surface area contributed by atoms with Crippen molar-refractivity contribution in [1.82, 2.24) is 5.32 Å². The van der Waals surface area contributed by atoms with Crippen molar-refractivity contribution in [1.29, 1.82) is 0 Å². The number of carbonyl (C=O) groups is 1. The number of nitrogens with one attached hydrogen (secondary N) is 1. The van der Waals surface area contributed by atoms with Crippen molar-refractivity contribution in [2.24, 2.45) is 0 Å². The van der Waals surface area contributed by atoms with Crippen molar-refractivity contribution in [2.75, 3.05) is 6.54 Å². The summed E-state index contributed by atoms with van der Waals surface area (Å²) in [4.78, 5) is 11.6. The second-order valence-electron chi connectivity index (χ2n) is 4.72. The first-order chi connectivity index (χ1) is 6.38. The molecule has 0 aromatic carbocycles. The zero-order chi connectivity index (χ0) is 10.8. The monoisotopic (exact) mass is 201 g/mol. The molecule has 1 saturated heterocycles. The van der Waals surface area contributed by atoms with Gasteiger partial charge in [-0.15, -0.1) is 0 Å². The summed E-state index contributed by atoms with van der Waals surface area (Å²) in [5.74, 6) is -0.267. The molecule has 2 atom stereocenters. The highest BCUT2D eigenvalue weighted by Crippen LogP contribution is 2.14.